The molecule has 0 saturated carbocycles. The van der Waals surface area contributed by atoms with Gasteiger partial charge in [0.05, 0.1) is 0 Å². The van der Waals surface area contributed by atoms with E-state index in [-0.39, 0.29) is 36.9 Å². The third-order valence-electron chi connectivity index (χ3n) is 7.50. The molecule has 35 heavy (non-hydrogen) atoms. The highest BCUT2D eigenvalue weighted by Crippen LogP contribution is 2.51. The van der Waals surface area contributed by atoms with E-state index in [1.165, 1.54) is 29.2 Å². The van der Waals surface area contributed by atoms with Gasteiger partial charge in [0.15, 0.2) is 0 Å². The van der Waals surface area contributed by atoms with Gasteiger partial charge in [0.25, 0.3) is 11.5 Å². The Hall–Kier alpha value is -2.52. The standard InChI is InChI=1S/C26H29F3N2O3S/c1-34-25(26(27,28)29,18-8-4-3-5-9-18)23(33)31-14-12-24(13-15-31)16-22(32)30-17-20(24)19-10-6-7-11-21(19)35-2/h3-11,20H,12-17H2,1-2H3,(H,30,32)/t20-,25+/m0/s1. The number of ether oxygens (including phenoxy) is 1. The average Bonchev–Trinajstić information content (AvgIpc) is 2.85. The number of carbonyl (C=O) groups excluding carboxylic acids is 2. The predicted octanol–water partition coefficient (Wildman–Crippen LogP) is 4.73. The third kappa shape index (κ3) is 4.44. The van der Waals surface area contributed by atoms with Crippen LogP contribution in [0.25, 0.3) is 0 Å². The summed E-state index contributed by atoms with van der Waals surface area (Å²) in [6.07, 6.45) is -1.78. The molecule has 5 nitrogen and oxygen atoms in total. The smallest absolute Gasteiger partial charge is 0.356 e. The van der Waals surface area contributed by atoms with E-state index < -0.39 is 23.1 Å². The molecule has 2 aliphatic rings. The normalized spacial score (nSPS) is 21.9. The number of alkyl halides is 3. The van der Waals surface area contributed by atoms with Gasteiger partial charge in [0.1, 0.15) is 0 Å². The van der Waals surface area contributed by atoms with E-state index >= 15 is 0 Å². The van der Waals surface area contributed by atoms with Crippen LogP contribution in [-0.2, 0) is 19.9 Å². The number of nitrogens with zero attached hydrogens (tertiary/aromatic N) is 1. The first-order chi connectivity index (χ1) is 16.7. The number of thioether (sulfide) groups is 1. The maximum absolute atomic E-state index is 14.4. The van der Waals surface area contributed by atoms with Crippen molar-refractivity contribution in [1.29, 1.82) is 0 Å². The molecule has 2 aliphatic heterocycles. The first-order valence-electron chi connectivity index (χ1n) is 11.5. The van der Waals surface area contributed by atoms with Gasteiger partial charge >= 0.3 is 6.18 Å². The molecule has 2 aromatic carbocycles. The Morgan fingerprint density at radius 1 is 1.09 bits per heavy atom. The van der Waals surface area contributed by atoms with Crippen LogP contribution < -0.4 is 5.32 Å². The number of likely N-dealkylation sites (tertiary alicyclic amines) is 1. The molecule has 0 radical (unpaired) electrons. The molecule has 4 rings (SSSR count). The molecule has 2 saturated heterocycles. The van der Waals surface area contributed by atoms with E-state index in [1.807, 2.05) is 24.5 Å². The first kappa shape index (κ1) is 25.6. The summed E-state index contributed by atoms with van der Waals surface area (Å²) in [5.74, 6) is -1.16. The van der Waals surface area contributed by atoms with Crippen molar-refractivity contribution < 1.29 is 27.5 Å². The van der Waals surface area contributed by atoms with Crippen molar-refractivity contribution in [2.75, 3.05) is 33.0 Å². The zero-order chi connectivity index (χ0) is 25.3. The minimum absolute atomic E-state index is 0.0185. The maximum Gasteiger partial charge on any atom is 0.430 e. The SMILES string of the molecule is CO[C@@](C(=O)N1CCC2(CC1)CC(=O)NC[C@H]2c1ccccc1SC)(c1ccccc1)C(F)(F)F. The Labute approximate surface area is 207 Å². The molecular formula is C26H29F3N2O3S. The van der Waals surface area contributed by atoms with Crippen LogP contribution in [0.15, 0.2) is 59.5 Å². The van der Waals surface area contributed by atoms with Crippen LogP contribution in [0, 0.1) is 5.41 Å². The molecule has 1 spiro atoms. The van der Waals surface area contributed by atoms with Crippen LogP contribution >= 0.6 is 11.8 Å². The fourth-order valence-corrected chi connectivity index (χ4v) is 6.30. The Kier molecular flexibility index (Phi) is 7.20. The molecule has 1 N–H and O–H groups in total. The van der Waals surface area contributed by atoms with Crippen LogP contribution in [0.4, 0.5) is 13.2 Å². The Morgan fingerprint density at radius 2 is 1.71 bits per heavy atom. The highest BCUT2D eigenvalue weighted by molar-refractivity contribution is 7.98. The molecule has 2 amide bonds. The highest BCUT2D eigenvalue weighted by Gasteiger charge is 2.64. The van der Waals surface area contributed by atoms with Crippen LogP contribution in [0.5, 0.6) is 0 Å². The van der Waals surface area contributed by atoms with Crippen LogP contribution in [0.3, 0.4) is 0 Å². The van der Waals surface area contributed by atoms with E-state index in [2.05, 4.69) is 11.4 Å². The lowest BCUT2D eigenvalue weighted by molar-refractivity contribution is -0.271. The number of hydrogen-bond donors (Lipinski definition) is 1. The summed E-state index contributed by atoms with van der Waals surface area (Å²) in [6.45, 7) is 0.717. The van der Waals surface area contributed by atoms with Gasteiger partial charge in [-0.25, -0.2) is 0 Å². The highest BCUT2D eigenvalue weighted by atomic mass is 32.2. The van der Waals surface area contributed by atoms with Crippen molar-refractivity contribution >= 4 is 23.6 Å². The zero-order valence-electron chi connectivity index (χ0n) is 19.7. The summed E-state index contributed by atoms with van der Waals surface area (Å²) in [5.41, 5.74) is -2.62. The predicted molar refractivity (Wildman–Crippen MR) is 128 cm³/mol. The molecule has 0 aliphatic carbocycles. The van der Waals surface area contributed by atoms with E-state index in [4.69, 9.17) is 4.74 Å². The molecule has 188 valence electrons. The minimum Gasteiger partial charge on any atom is -0.356 e. The third-order valence-corrected chi connectivity index (χ3v) is 8.31. The number of carbonyl (C=O) groups is 2. The summed E-state index contributed by atoms with van der Waals surface area (Å²) >= 11 is 1.63. The Morgan fingerprint density at radius 3 is 2.31 bits per heavy atom. The van der Waals surface area contributed by atoms with Crippen molar-refractivity contribution in [3.8, 4) is 0 Å². The topological polar surface area (TPSA) is 58.6 Å². The lowest BCUT2D eigenvalue weighted by Gasteiger charge is -2.50. The van der Waals surface area contributed by atoms with Crippen molar-refractivity contribution in [1.82, 2.24) is 10.2 Å². The number of rotatable bonds is 5. The largest absolute Gasteiger partial charge is 0.430 e. The number of methoxy groups -OCH3 is 1. The van der Waals surface area contributed by atoms with Gasteiger partial charge in [0.2, 0.25) is 5.91 Å². The number of amides is 2. The number of halogens is 3. The summed E-state index contributed by atoms with van der Waals surface area (Å²) < 4.78 is 48.2. The van der Waals surface area contributed by atoms with Gasteiger partial charge in [-0.15, -0.1) is 11.8 Å². The van der Waals surface area contributed by atoms with Crippen LogP contribution in [0.2, 0.25) is 0 Å². The second-order valence-corrected chi connectivity index (χ2v) is 10.0. The van der Waals surface area contributed by atoms with E-state index in [0.29, 0.717) is 19.4 Å². The second kappa shape index (κ2) is 9.85. The van der Waals surface area contributed by atoms with Crippen molar-refractivity contribution in [2.45, 2.75) is 41.9 Å². The molecular weight excluding hydrogens is 477 g/mol. The average molecular weight is 507 g/mol. The lowest BCUT2D eigenvalue weighted by atomic mass is 9.62. The van der Waals surface area contributed by atoms with Crippen LogP contribution in [-0.4, -0.2) is 55.9 Å². The zero-order valence-corrected chi connectivity index (χ0v) is 20.5. The molecule has 2 atom stereocenters. The number of piperidine rings is 2. The molecule has 0 aromatic heterocycles. The Balaban J connectivity index is 1.64. The van der Waals surface area contributed by atoms with Gasteiger partial charge < -0.3 is 15.0 Å². The molecule has 2 aromatic rings. The maximum atomic E-state index is 14.4. The van der Waals surface area contributed by atoms with Gasteiger partial charge in [-0.3, -0.25) is 9.59 Å². The van der Waals surface area contributed by atoms with E-state index in [1.54, 1.807) is 17.8 Å². The molecule has 2 fully saturated rings. The first-order valence-corrected chi connectivity index (χ1v) is 12.8. The fourth-order valence-electron chi connectivity index (χ4n) is 5.64. The summed E-state index contributed by atoms with van der Waals surface area (Å²) in [4.78, 5) is 28.3. The van der Waals surface area contributed by atoms with Gasteiger partial charge in [0, 0.05) is 49.5 Å². The quantitative estimate of drug-likeness (QED) is 0.596. The molecule has 2 heterocycles. The van der Waals surface area contributed by atoms with Crippen molar-refractivity contribution in [2.24, 2.45) is 5.41 Å². The molecule has 0 bridgehead atoms. The summed E-state index contributed by atoms with van der Waals surface area (Å²) in [5, 5.41) is 2.96. The second-order valence-electron chi connectivity index (χ2n) is 9.18. The lowest BCUT2D eigenvalue weighted by Crippen LogP contribution is -2.60. The van der Waals surface area contributed by atoms with Crippen molar-refractivity contribution in [3.05, 3.63) is 65.7 Å². The van der Waals surface area contributed by atoms with Gasteiger partial charge in [-0.1, -0.05) is 48.5 Å². The monoisotopic (exact) mass is 506 g/mol. The van der Waals surface area contributed by atoms with Gasteiger partial charge in [-0.05, 0) is 36.1 Å². The number of benzene rings is 2. The summed E-state index contributed by atoms with van der Waals surface area (Å²) in [6, 6.07) is 15.1. The van der Waals surface area contributed by atoms with Crippen molar-refractivity contribution in [3.63, 3.8) is 0 Å². The molecule has 9 heteroatoms. The number of nitrogens with one attached hydrogen (secondary N) is 1. The van der Waals surface area contributed by atoms with Crippen LogP contribution in [0.1, 0.15) is 36.3 Å². The van der Waals surface area contributed by atoms with Gasteiger partial charge in [-0.2, -0.15) is 13.2 Å². The van der Waals surface area contributed by atoms with E-state index in [9.17, 15) is 22.8 Å². The Bertz CT molecular complexity index is 1070. The fraction of sp³-hybridized carbons (Fsp3) is 0.462. The summed E-state index contributed by atoms with van der Waals surface area (Å²) in [7, 11) is 0.921. The molecule has 0 unspecified atom stereocenters. The van der Waals surface area contributed by atoms with E-state index in [0.717, 1.165) is 17.6 Å². The minimum atomic E-state index is -4.94. The number of hydrogen-bond acceptors (Lipinski definition) is 4.